The molecule has 9 nitrogen and oxygen atoms in total. The molecule has 6 rings (SSSR count). The van der Waals surface area contributed by atoms with Crippen LogP contribution in [-0.4, -0.2) is 43.6 Å². The average Bonchev–Trinajstić information content (AvgIpc) is 3.46. The van der Waals surface area contributed by atoms with Gasteiger partial charge in [0.05, 0.1) is 19.2 Å². The summed E-state index contributed by atoms with van der Waals surface area (Å²) in [6.07, 6.45) is 1.31. The first-order valence-electron chi connectivity index (χ1n) is 12.3. The lowest BCUT2D eigenvalue weighted by molar-refractivity contribution is -0.165. The molecule has 1 N–H and O–H groups in total. The van der Waals surface area contributed by atoms with Crippen LogP contribution in [0.25, 0.3) is 11.1 Å². The van der Waals surface area contributed by atoms with Crippen molar-refractivity contribution in [1.29, 1.82) is 0 Å². The zero-order chi connectivity index (χ0) is 27.2. The molecule has 0 bridgehead atoms. The predicted molar refractivity (Wildman–Crippen MR) is 128 cm³/mol. The molecule has 39 heavy (non-hydrogen) atoms. The first-order chi connectivity index (χ1) is 18.7. The number of nitrogens with zero attached hydrogens (tertiary/aromatic N) is 5. The monoisotopic (exact) mass is 542 g/mol. The maximum Gasteiger partial charge on any atom is 0.401 e. The summed E-state index contributed by atoms with van der Waals surface area (Å²) < 4.78 is 67.0. The molecule has 0 radical (unpaired) electrons. The van der Waals surface area contributed by atoms with Crippen LogP contribution in [0.1, 0.15) is 42.0 Å². The van der Waals surface area contributed by atoms with E-state index in [1.54, 1.807) is 24.7 Å². The number of carbonyl (C=O) groups excluding carboxylic acids is 1. The minimum Gasteiger partial charge on any atom is -0.478 e. The Morgan fingerprint density at radius 2 is 1.87 bits per heavy atom. The largest absolute Gasteiger partial charge is 0.478 e. The highest BCUT2D eigenvalue weighted by atomic mass is 19.4. The molecule has 1 aliphatic carbocycles. The van der Waals surface area contributed by atoms with E-state index in [0.29, 0.717) is 30.0 Å². The fourth-order valence-electron chi connectivity index (χ4n) is 4.59. The number of carbonyl (C=O) groups is 1. The van der Waals surface area contributed by atoms with Crippen LogP contribution in [0.5, 0.6) is 5.88 Å². The van der Waals surface area contributed by atoms with Gasteiger partial charge in [-0.2, -0.15) is 18.3 Å². The first-order valence-corrected chi connectivity index (χ1v) is 12.3. The minimum atomic E-state index is -4.46. The van der Waals surface area contributed by atoms with Gasteiger partial charge >= 0.3 is 6.18 Å². The third-order valence-electron chi connectivity index (χ3n) is 6.95. The van der Waals surface area contributed by atoms with Gasteiger partial charge in [-0.1, -0.05) is 17.3 Å². The van der Waals surface area contributed by atoms with Gasteiger partial charge in [0.1, 0.15) is 17.1 Å². The molecule has 0 atom stereocenters. The van der Waals surface area contributed by atoms with Crippen molar-refractivity contribution in [2.45, 2.75) is 50.2 Å². The summed E-state index contributed by atoms with van der Waals surface area (Å²) in [5, 5.41) is 10.2. The van der Waals surface area contributed by atoms with E-state index in [2.05, 4.69) is 25.5 Å². The second kappa shape index (κ2) is 9.47. The van der Waals surface area contributed by atoms with E-state index in [4.69, 9.17) is 9.26 Å². The average molecular weight is 542 g/mol. The zero-order valence-corrected chi connectivity index (χ0v) is 20.5. The normalized spacial score (nSPS) is 15.9. The number of amides is 1. The molecule has 0 spiro atoms. The van der Waals surface area contributed by atoms with Crippen molar-refractivity contribution < 1.29 is 31.6 Å². The van der Waals surface area contributed by atoms with Gasteiger partial charge in [0.25, 0.3) is 0 Å². The van der Waals surface area contributed by atoms with Crippen LogP contribution in [0.3, 0.4) is 0 Å². The SMILES string of the molecule is O=C(Cc1ccc(-c2cnc(Cc3cnn4c3OCCC4)nc2)cc1F)Nc1cc(C2(C(F)(F)F)CC2)on1. The van der Waals surface area contributed by atoms with Crippen LogP contribution < -0.4 is 10.1 Å². The van der Waals surface area contributed by atoms with Crippen molar-refractivity contribution in [3.05, 3.63) is 71.4 Å². The number of benzene rings is 1. The number of aryl methyl sites for hydroxylation is 1. The fraction of sp³-hybridized carbons (Fsp3) is 0.346. The van der Waals surface area contributed by atoms with Crippen LogP contribution >= 0.6 is 0 Å². The number of halogens is 4. The molecule has 1 fully saturated rings. The van der Waals surface area contributed by atoms with E-state index in [-0.39, 0.29) is 36.4 Å². The molecular formula is C26H22F4N6O3. The number of ether oxygens (including phenoxy) is 1. The topological polar surface area (TPSA) is 108 Å². The van der Waals surface area contributed by atoms with Gasteiger partial charge in [0, 0.05) is 49.0 Å². The molecule has 1 saturated carbocycles. The van der Waals surface area contributed by atoms with Crippen LogP contribution in [0.4, 0.5) is 23.4 Å². The third-order valence-corrected chi connectivity index (χ3v) is 6.95. The van der Waals surface area contributed by atoms with Crippen molar-refractivity contribution in [3.63, 3.8) is 0 Å². The van der Waals surface area contributed by atoms with E-state index < -0.39 is 23.3 Å². The quantitative estimate of drug-likeness (QED) is 0.340. The summed E-state index contributed by atoms with van der Waals surface area (Å²) in [6, 6.07) is 5.44. The molecule has 0 saturated heterocycles. The Bertz CT molecular complexity index is 1530. The van der Waals surface area contributed by atoms with Crippen molar-refractivity contribution in [3.8, 4) is 17.0 Å². The Morgan fingerprint density at radius 3 is 2.59 bits per heavy atom. The summed E-state index contributed by atoms with van der Waals surface area (Å²) >= 11 is 0. The highest BCUT2D eigenvalue weighted by Crippen LogP contribution is 2.59. The van der Waals surface area contributed by atoms with Gasteiger partial charge in [-0.25, -0.2) is 19.0 Å². The van der Waals surface area contributed by atoms with Gasteiger partial charge in [-0.05, 0) is 30.0 Å². The molecule has 2 aliphatic rings. The van der Waals surface area contributed by atoms with Crippen LogP contribution in [0.2, 0.25) is 0 Å². The van der Waals surface area contributed by atoms with Gasteiger partial charge in [-0.15, -0.1) is 0 Å². The number of alkyl halides is 3. The van der Waals surface area contributed by atoms with Crippen molar-refractivity contribution >= 4 is 11.7 Å². The third kappa shape index (κ3) is 4.84. The van der Waals surface area contributed by atoms with E-state index in [1.807, 2.05) is 4.68 Å². The number of hydrogen-bond acceptors (Lipinski definition) is 7. The Hall–Kier alpha value is -4.29. The Morgan fingerprint density at radius 1 is 1.08 bits per heavy atom. The number of anilines is 1. The number of rotatable bonds is 7. The number of fused-ring (bicyclic) bond motifs is 1. The van der Waals surface area contributed by atoms with Crippen molar-refractivity contribution in [2.24, 2.45) is 0 Å². The lowest BCUT2D eigenvalue weighted by Crippen LogP contribution is -2.28. The molecule has 4 aromatic rings. The Labute approximate surface area is 219 Å². The second-order valence-electron chi connectivity index (χ2n) is 9.65. The highest BCUT2D eigenvalue weighted by Gasteiger charge is 2.66. The molecule has 1 amide bonds. The maximum atomic E-state index is 14.8. The van der Waals surface area contributed by atoms with Gasteiger partial charge in [0.15, 0.2) is 11.6 Å². The van der Waals surface area contributed by atoms with Gasteiger partial charge in [0.2, 0.25) is 11.8 Å². The maximum absolute atomic E-state index is 14.8. The van der Waals surface area contributed by atoms with E-state index in [0.717, 1.165) is 30.5 Å². The summed E-state index contributed by atoms with van der Waals surface area (Å²) in [7, 11) is 0. The molecule has 3 aromatic heterocycles. The standard InChI is InChI=1S/C26H22F4N6O3/c27-19-8-15(18-12-31-21(32-13-18)9-17-14-33-36-6-1-7-38-24(17)36)2-3-16(19)10-23(37)34-22-11-20(39-35-22)25(4-5-25)26(28,29)30/h2-3,8,11-14H,1,4-7,9-10H2,(H,34,35,37). The lowest BCUT2D eigenvalue weighted by Gasteiger charge is -2.15. The molecule has 0 unspecified atom stereocenters. The van der Waals surface area contributed by atoms with E-state index in [9.17, 15) is 22.4 Å². The number of hydrogen-bond donors (Lipinski definition) is 1. The Balaban J connectivity index is 1.09. The smallest absolute Gasteiger partial charge is 0.401 e. The molecule has 202 valence electrons. The van der Waals surface area contributed by atoms with Crippen LogP contribution in [0, 0.1) is 5.82 Å². The summed E-state index contributed by atoms with van der Waals surface area (Å²) in [5.41, 5.74) is 0.0800. The lowest BCUT2D eigenvalue weighted by atomic mass is 10.0. The van der Waals surface area contributed by atoms with E-state index in [1.165, 1.54) is 12.1 Å². The highest BCUT2D eigenvalue weighted by molar-refractivity contribution is 5.91. The fourth-order valence-corrected chi connectivity index (χ4v) is 4.59. The molecule has 13 heteroatoms. The number of nitrogens with one attached hydrogen (secondary N) is 1. The minimum absolute atomic E-state index is 0.0913. The first kappa shape index (κ1) is 25.0. The number of aromatic nitrogens is 5. The Kier molecular flexibility index (Phi) is 6.07. The van der Waals surface area contributed by atoms with Crippen molar-refractivity contribution in [1.82, 2.24) is 24.9 Å². The van der Waals surface area contributed by atoms with Gasteiger partial charge < -0.3 is 14.6 Å². The van der Waals surface area contributed by atoms with Crippen LogP contribution in [0.15, 0.2) is 47.4 Å². The molecular weight excluding hydrogens is 520 g/mol. The van der Waals surface area contributed by atoms with E-state index >= 15 is 0 Å². The van der Waals surface area contributed by atoms with Crippen molar-refractivity contribution in [2.75, 3.05) is 11.9 Å². The van der Waals surface area contributed by atoms with Crippen LogP contribution in [-0.2, 0) is 29.6 Å². The van der Waals surface area contributed by atoms with Gasteiger partial charge in [-0.3, -0.25) is 4.79 Å². The summed E-state index contributed by atoms with van der Waals surface area (Å²) in [4.78, 5) is 21.2. The summed E-state index contributed by atoms with van der Waals surface area (Å²) in [6.45, 7) is 1.45. The molecule has 4 heterocycles. The zero-order valence-electron chi connectivity index (χ0n) is 20.5. The molecule has 1 aliphatic heterocycles. The molecule has 1 aromatic carbocycles. The predicted octanol–water partition coefficient (Wildman–Crippen LogP) is 4.62. The second-order valence-corrected chi connectivity index (χ2v) is 9.65. The summed E-state index contributed by atoms with van der Waals surface area (Å²) in [5.74, 6) is -0.457.